The number of aryl methyl sites for hydroxylation is 2. The summed E-state index contributed by atoms with van der Waals surface area (Å²) in [5, 5.41) is 9.18. The van der Waals surface area contributed by atoms with Crippen LogP contribution in [0, 0.1) is 19.7 Å². The number of benzene rings is 1. The van der Waals surface area contributed by atoms with E-state index in [9.17, 15) is 9.18 Å². The number of aliphatic carboxylic acids is 1. The molecule has 6 heteroatoms. The summed E-state index contributed by atoms with van der Waals surface area (Å²) in [7, 11) is 0. The minimum absolute atomic E-state index is 0.107. The predicted molar refractivity (Wildman–Crippen MR) is 71.4 cm³/mol. The average molecular weight is 280 g/mol. The van der Waals surface area contributed by atoms with E-state index in [2.05, 4.69) is 4.98 Å². The fourth-order valence-electron chi connectivity index (χ4n) is 1.68. The molecule has 2 rings (SSSR count). The van der Waals surface area contributed by atoms with Crippen molar-refractivity contribution in [3.8, 4) is 5.69 Å². The topological polar surface area (TPSA) is 55.1 Å². The van der Waals surface area contributed by atoms with E-state index in [0.717, 1.165) is 17.3 Å². The Bertz CT molecular complexity index is 625. The number of nitrogens with zero attached hydrogens (tertiary/aromatic N) is 2. The Balaban J connectivity index is 2.40. The largest absolute Gasteiger partial charge is 0.481 e. The van der Waals surface area contributed by atoms with Gasteiger partial charge in [-0.25, -0.2) is 9.37 Å². The number of carbonyl (C=O) groups is 1. The van der Waals surface area contributed by atoms with E-state index in [1.165, 1.54) is 6.07 Å². The average Bonchev–Trinajstić information content (AvgIpc) is 2.67. The van der Waals surface area contributed by atoms with Crippen LogP contribution in [0.3, 0.4) is 0 Å². The molecule has 2 aromatic rings. The number of aromatic nitrogens is 2. The Labute approximate surface area is 114 Å². The molecule has 0 saturated carbocycles. The lowest BCUT2D eigenvalue weighted by molar-refractivity contribution is -0.133. The Hall–Kier alpha value is -1.82. The molecule has 0 amide bonds. The van der Waals surface area contributed by atoms with Gasteiger partial charge < -0.3 is 5.11 Å². The van der Waals surface area contributed by atoms with Crippen molar-refractivity contribution in [2.45, 2.75) is 19.0 Å². The van der Waals surface area contributed by atoms with Gasteiger partial charge in [0.2, 0.25) is 0 Å². The van der Waals surface area contributed by atoms with Crippen LogP contribution in [0.2, 0.25) is 0 Å². The molecule has 1 heterocycles. The van der Waals surface area contributed by atoms with Crippen molar-refractivity contribution in [3.05, 3.63) is 41.5 Å². The number of halogens is 1. The van der Waals surface area contributed by atoms with Gasteiger partial charge in [0.25, 0.3) is 0 Å². The van der Waals surface area contributed by atoms with E-state index in [1.54, 1.807) is 29.8 Å². The van der Waals surface area contributed by atoms with Crippen molar-refractivity contribution < 1.29 is 14.3 Å². The Morgan fingerprint density at radius 1 is 1.47 bits per heavy atom. The van der Waals surface area contributed by atoms with Gasteiger partial charge in [-0.15, -0.1) is 0 Å². The lowest BCUT2D eigenvalue weighted by Gasteiger charge is -2.08. The highest BCUT2D eigenvalue weighted by molar-refractivity contribution is 7.99. The fourth-order valence-corrected chi connectivity index (χ4v) is 2.43. The van der Waals surface area contributed by atoms with Crippen LogP contribution < -0.4 is 0 Å². The second-order valence-electron chi connectivity index (χ2n) is 4.17. The molecule has 0 atom stereocenters. The van der Waals surface area contributed by atoms with E-state index in [4.69, 9.17) is 5.11 Å². The number of carboxylic acid groups (broad SMARTS) is 1. The highest BCUT2D eigenvalue weighted by atomic mass is 32.2. The third-order valence-corrected chi connectivity index (χ3v) is 3.42. The maximum atomic E-state index is 14.0. The lowest BCUT2D eigenvalue weighted by Crippen LogP contribution is -2.02. The molecule has 4 nitrogen and oxygen atoms in total. The maximum absolute atomic E-state index is 14.0. The first-order chi connectivity index (χ1) is 8.97. The summed E-state index contributed by atoms with van der Waals surface area (Å²) in [6.45, 7) is 3.60. The molecule has 0 fully saturated rings. The molecule has 0 saturated heterocycles. The molecule has 19 heavy (non-hydrogen) atoms. The van der Waals surface area contributed by atoms with Crippen LogP contribution in [0.5, 0.6) is 0 Å². The molecule has 0 radical (unpaired) electrons. The Morgan fingerprint density at radius 3 is 2.84 bits per heavy atom. The molecule has 1 aromatic heterocycles. The van der Waals surface area contributed by atoms with E-state index >= 15 is 0 Å². The zero-order chi connectivity index (χ0) is 14.0. The third kappa shape index (κ3) is 3.14. The summed E-state index contributed by atoms with van der Waals surface area (Å²) in [6.07, 6.45) is 1.69. The second kappa shape index (κ2) is 5.44. The zero-order valence-electron chi connectivity index (χ0n) is 10.6. The number of imidazole rings is 1. The van der Waals surface area contributed by atoms with Crippen molar-refractivity contribution in [1.82, 2.24) is 9.55 Å². The first kappa shape index (κ1) is 13.6. The number of carboxylic acids is 1. The molecular weight excluding hydrogens is 267 g/mol. The van der Waals surface area contributed by atoms with Crippen LogP contribution in [-0.4, -0.2) is 26.4 Å². The first-order valence-electron chi connectivity index (χ1n) is 5.64. The number of rotatable bonds is 4. The van der Waals surface area contributed by atoms with Crippen LogP contribution in [0.1, 0.15) is 11.3 Å². The van der Waals surface area contributed by atoms with Crippen LogP contribution in [0.15, 0.2) is 29.6 Å². The summed E-state index contributed by atoms with van der Waals surface area (Å²) < 4.78 is 15.5. The van der Waals surface area contributed by atoms with Crippen LogP contribution >= 0.6 is 11.8 Å². The molecule has 0 aliphatic rings. The van der Waals surface area contributed by atoms with Gasteiger partial charge in [0.1, 0.15) is 5.82 Å². The predicted octanol–water partition coefficient (Wildman–Crippen LogP) is 2.80. The van der Waals surface area contributed by atoms with E-state index < -0.39 is 5.97 Å². The first-order valence-corrected chi connectivity index (χ1v) is 6.63. The maximum Gasteiger partial charge on any atom is 0.313 e. The molecule has 0 aliphatic carbocycles. The van der Waals surface area contributed by atoms with Crippen LogP contribution in [0.4, 0.5) is 4.39 Å². The highest BCUT2D eigenvalue weighted by Gasteiger charge is 2.13. The van der Waals surface area contributed by atoms with Crippen molar-refractivity contribution in [3.63, 3.8) is 0 Å². The van der Waals surface area contributed by atoms with Crippen molar-refractivity contribution >= 4 is 17.7 Å². The van der Waals surface area contributed by atoms with Gasteiger partial charge in [-0.1, -0.05) is 17.8 Å². The van der Waals surface area contributed by atoms with Gasteiger partial charge in [0, 0.05) is 6.20 Å². The Kier molecular flexibility index (Phi) is 3.90. The minimum Gasteiger partial charge on any atom is -0.481 e. The van der Waals surface area contributed by atoms with E-state index in [1.807, 2.05) is 6.92 Å². The van der Waals surface area contributed by atoms with Crippen molar-refractivity contribution in [2.75, 3.05) is 5.75 Å². The molecule has 0 spiro atoms. The zero-order valence-corrected chi connectivity index (χ0v) is 11.4. The number of hydrogen-bond donors (Lipinski definition) is 1. The Morgan fingerprint density at radius 2 is 2.21 bits per heavy atom. The van der Waals surface area contributed by atoms with Gasteiger partial charge in [0.15, 0.2) is 5.16 Å². The summed E-state index contributed by atoms with van der Waals surface area (Å²) >= 11 is 1.07. The molecule has 0 unspecified atom stereocenters. The highest BCUT2D eigenvalue weighted by Crippen LogP contribution is 2.24. The number of hydrogen-bond acceptors (Lipinski definition) is 3. The molecular formula is C13H13FN2O2S. The molecule has 100 valence electrons. The van der Waals surface area contributed by atoms with Crippen LogP contribution in [0.25, 0.3) is 5.69 Å². The van der Waals surface area contributed by atoms with Crippen molar-refractivity contribution in [1.29, 1.82) is 0 Å². The quantitative estimate of drug-likeness (QED) is 0.875. The fraction of sp³-hybridized carbons (Fsp3) is 0.231. The summed E-state index contributed by atoms with van der Waals surface area (Å²) in [5.41, 5.74) is 1.92. The smallest absolute Gasteiger partial charge is 0.313 e. The number of thioether (sulfide) groups is 1. The molecule has 1 aromatic carbocycles. The van der Waals surface area contributed by atoms with Gasteiger partial charge in [-0.2, -0.15) is 0 Å². The van der Waals surface area contributed by atoms with Gasteiger partial charge >= 0.3 is 5.97 Å². The normalized spacial score (nSPS) is 10.7. The second-order valence-corrected chi connectivity index (χ2v) is 5.11. The lowest BCUT2D eigenvalue weighted by atomic mass is 10.2. The van der Waals surface area contributed by atoms with Gasteiger partial charge in [-0.05, 0) is 31.5 Å². The molecule has 0 bridgehead atoms. The van der Waals surface area contributed by atoms with Crippen LogP contribution in [-0.2, 0) is 4.79 Å². The third-order valence-electron chi connectivity index (χ3n) is 2.48. The van der Waals surface area contributed by atoms with Gasteiger partial charge in [0.05, 0.1) is 17.1 Å². The standard InChI is InChI=1S/C13H13FN2O2S/c1-8-3-4-11(10(14)5-8)16-6-9(2)15-13(16)19-7-12(17)18/h3-6H,7H2,1-2H3,(H,17,18). The molecule has 1 N–H and O–H groups in total. The summed E-state index contributed by atoms with van der Waals surface area (Å²) in [6, 6.07) is 4.91. The summed E-state index contributed by atoms with van der Waals surface area (Å²) in [4.78, 5) is 14.8. The minimum atomic E-state index is -0.929. The van der Waals surface area contributed by atoms with E-state index in [-0.39, 0.29) is 11.6 Å². The van der Waals surface area contributed by atoms with Gasteiger partial charge in [-0.3, -0.25) is 9.36 Å². The summed E-state index contributed by atoms with van der Waals surface area (Å²) in [5.74, 6) is -1.39. The van der Waals surface area contributed by atoms with Crippen molar-refractivity contribution in [2.24, 2.45) is 0 Å². The SMILES string of the molecule is Cc1ccc(-n2cc(C)nc2SCC(=O)O)c(F)c1. The monoisotopic (exact) mass is 280 g/mol. The van der Waals surface area contributed by atoms with E-state index in [0.29, 0.717) is 16.5 Å². The molecule has 0 aliphatic heterocycles.